The first-order valence-corrected chi connectivity index (χ1v) is 12.9. The van der Waals surface area contributed by atoms with Crippen LogP contribution < -0.4 is 20.5 Å². The number of para-hydroxylation sites is 1. The molecule has 0 atom stereocenters. The van der Waals surface area contributed by atoms with Crippen LogP contribution in [0, 0.1) is 12.8 Å². The molecule has 1 saturated carbocycles. The summed E-state index contributed by atoms with van der Waals surface area (Å²) in [6.07, 6.45) is 3.45. The number of nitrogen functional groups attached to an aromatic ring is 1. The Labute approximate surface area is 225 Å². The number of ether oxygens (including phenoxy) is 4. The Morgan fingerprint density at radius 3 is 2.77 bits per heavy atom. The lowest BCUT2D eigenvalue weighted by Gasteiger charge is -2.42. The predicted molar refractivity (Wildman–Crippen MR) is 142 cm³/mol. The highest BCUT2D eigenvalue weighted by molar-refractivity contribution is 5.97. The van der Waals surface area contributed by atoms with Crippen LogP contribution in [-0.2, 0) is 16.0 Å². The number of aryl methyl sites for hydroxylation is 1. The third kappa shape index (κ3) is 4.98. The molecule has 202 valence electrons. The number of methoxy groups -OCH3 is 1. The van der Waals surface area contributed by atoms with Gasteiger partial charge in [-0.1, -0.05) is 18.2 Å². The highest BCUT2D eigenvalue weighted by atomic mass is 16.7. The van der Waals surface area contributed by atoms with E-state index < -0.39 is 5.79 Å². The lowest BCUT2D eigenvalue weighted by atomic mass is 9.79. The minimum atomic E-state index is -0.393. The van der Waals surface area contributed by atoms with Gasteiger partial charge in [0.1, 0.15) is 11.3 Å². The summed E-state index contributed by atoms with van der Waals surface area (Å²) in [5.41, 5.74) is 9.86. The number of carbonyl (C=O) groups excluding carboxylic acids is 1. The summed E-state index contributed by atoms with van der Waals surface area (Å²) < 4.78 is 24.6. The third-order valence-electron chi connectivity index (χ3n) is 7.18. The van der Waals surface area contributed by atoms with Crippen LogP contribution in [0.4, 0.5) is 5.95 Å². The third-order valence-corrected chi connectivity index (χ3v) is 7.18. The molecule has 0 unspecified atom stereocenters. The van der Waals surface area contributed by atoms with E-state index in [2.05, 4.69) is 20.4 Å². The molecule has 11 heteroatoms. The lowest BCUT2D eigenvalue weighted by Crippen LogP contribution is -2.46. The zero-order valence-corrected chi connectivity index (χ0v) is 21.8. The number of nitrogens with zero attached hydrogens (tertiary/aromatic N) is 4. The van der Waals surface area contributed by atoms with Crippen LogP contribution in [0.1, 0.15) is 34.5 Å². The minimum absolute atomic E-state index is 0.189. The molecule has 1 spiro atoms. The lowest BCUT2D eigenvalue weighted by molar-refractivity contribution is -0.233. The van der Waals surface area contributed by atoms with Crippen LogP contribution in [0.25, 0.3) is 16.8 Å². The first-order valence-electron chi connectivity index (χ1n) is 12.9. The van der Waals surface area contributed by atoms with Crippen molar-refractivity contribution in [3.63, 3.8) is 0 Å². The summed E-state index contributed by atoms with van der Waals surface area (Å²) >= 11 is 0. The van der Waals surface area contributed by atoms with E-state index in [1.165, 1.54) is 7.11 Å². The highest BCUT2D eigenvalue weighted by Gasteiger charge is 2.49. The van der Waals surface area contributed by atoms with Crippen LogP contribution >= 0.6 is 0 Å². The number of rotatable bonds is 8. The molecule has 1 amide bonds. The molecule has 1 aliphatic carbocycles. The topological polar surface area (TPSA) is 135 Å². The van der Waals surface area contributed by atoms with Crippen molar-refractivity contribution >= 4 is 17.5 Å². The maximum absolute atomic E-state index is 13.3. The van der Waals surface area contributed by atoms with Crippen molar-refractivity contribution in [2.75, 3.05) is 32.7 Å². The van der Waals surface area contributed by atoms with E-state index in [1.54, 1.807) is 16.8 Å². The van der Waals surface area contributed by atoms with Gasteiger partial charge in [0.2, 0.25) is 11.8 Å². The summed E-state index contributed by atoms with van der Waals surface area (Å²) in [6.45, 7) is 4.04. The molecule has 3 N–H and O–H groups in total. The quantitative estimate of drug-likeness (QED) is 0.352. The normalized spacial score (nSPS) is 16.4. The van der Waals surface area contributed by atoms with E-state index >= 15 is 0 Å². The molecule has 1 aliphatic heterocycles. The van der Waals surface area contributed by atoms with Crippen molar-refractivity contribution < 1.29 is 23.7 Å². The second-order valence-corrected chi connectivity index (χ2v) is 9.85. The Bertz CT molecular complexity index is 1520. The average Bonchev–Trinajstić information content (AvgIpc) is 3.56. The largest absolute Gasteiger partial charge is 0.493 e. The van der Waals surface area contributed by atoms with Crippen molar-refractivity contribution in [2.45, 2.75) is 32.1 Å². The van der Waals surface area contributed by atoms with Crippen molar-refractivity contribution in [2.24, 2.45) is 5.92 Å². The highest BCUT2D eigenvalue weighted by Crippen LogP contribution is 2.44. The first kappa shape index (κ1) is 25.1. The molecule has 4 heterocycles. The molecule has 6 rings (SSSR count). The van der Waals surface area contributed by atoms with Gasteiger partial charge in [0, 0.05) is 48.3 Å². The van der Waals surface area contributed by atoms with Gasteiger partial charge in [-0.25, -0.2) is 9.50 Å². The summed E-state index contributed by atoms with van der Waals surface area (Å²) in [6, 6.07) is 13.2. The molecule has 2 aliphatic rings. The standard InChI is InChI=1S/C28H30N6O5/c1-17-21(19-7-8-34-24(11-19)32-27(29)33-34)12-22(26(31-17)36-2)25(35)30-15-20-5-3-4-6-23(20)37-16-18-13-28(14-18)38-9-10-39-28/h3-8,11-12,18H,9-10,13-16H2,1-2H3,(H2,29,33)(H,30,35). The predicted octanol–water partition coefficient (Wildman–Crippen LogP) is 3.15. The maximum atomic E-state index is 13.3. The Morgan fingerprint density at radius 1 is 1.18 bits per heavy atom. The monoisotopic (exact) mass is 530 g/mol. The number of anilines is 1. The Kier molecular flexibility index (Phi) is 6.53. The number of hydrogen-bond acceptors (Lipinski definition) is 9. The van der Waals surface area contributed by atoms with Gasteiger partial charge in [0.05, 0.1) is 26.9 Å². The Balaban J connectivity index is 1.16. The molecule has 4 aromatic rings. The maximum Gasteiger partial charge on any atom is 0.257 e. The molecule has 11 nitrogen and oxygen atoms in total. The van der Waals surface area contributed by atoms with Crippen molar-refractivity contribution in [1.82, 2.24) is 24.9 Å². The number of amides is 1. The Morgan fingerprint density at radius 2 is 1.97 bits per heavy atom. The zero-order chi connectivity index (χ0) is 27.0. The number of benzene rings is 1. The second kappa shape index (κ2) is 10.2. The first-order chi connectivity index (χ1) is 18.9. The molecular weight excluding hydrogens is 500 g/mol. The summed E-state index contributed by atoms with van der Waals surface area (Å²) in [4.78, 5) is 22.1. The van der Waals surface area contributed by atoms with Crippen molar-refractivity contribution in [3.8, 4) is 22.8 Å². The van der Waals surface area contributed by atoms with Gasteiger partial charge in [-0.3, -0.25) is 4.79 Å². The van der Waals surface area contributed by atoms with Gasteiger partial charge in [-0.05, 0) is 36.8 Å². The molecule has 1 saturated heterocycles. The van der Waals surface area contributed by atoms with E-state index in [4.69, 9.17) is 24.7 Å². The van der Waals surface area contributed by atoms with Crippen molar-refractivity contribution in [3.05, 3.63) is 65.5 Å². The van der Waals surface area contributed by atoms with E-state index in [0.717, 1.165) is 35.3 Å². The number of carbonyl (C=O) groups is 1. The van der Waals surface area contributed by atoms with E-state index in [1.807, 2.05) is 43.3 Å². The molecule has 0 bridgehead atoms. The van der Waals surface area contributed by atoms with Crippen LogP contribution in [0.15, 0.2) is 48.7 Å². The van der Waals surface area contributed by atoms with E-state index in [-0.39, 0.29) is 24.3 Å². The van der Waals surface area contributed by atoms with Gasteiger partial charge in [0.25, 0.3) is 5.91 Å². The fourth-order valence-corrected chi connectivity index (χ4v) is 5.20. The fraction of sp³-hybridized carbons (Fsp3) is 0.357. The van der Waals surface area contributed by atoms with Gasteiger partial charge < -0.3 is 30.0 Å². The minimum Gasteiger partial charge on any atom is -0.493 e. The van der Waals surface area contributed by atoms with Gasteiger partial charge in [0.15, 0.2) is 11.4 Å². The molecular formula is C28H30N6O5. The number of fused-ring (bicyclic) bond motifs is 1. The van der Waals surface area contributed by atoms with Gasteiger partial charge in [-0.15, -0.1) is 5.10 Å². The summed E-state index contributed by atoms with van der Waals surface area (Å²) in [5.74, 6) is 0.856. The molecule has 39 heavy (non-hydrogen) atoms. The molecule has 3 aromatic heterocycles. The van der Waals surface area contributed by atoms with Gasteiger partial charge in [-0.2, -0.15) is 4.98 Å². The van der Waals surface area contributed by atoms with E-state index in [9.17, 15) is 4.79 Å². The van der Waals surface area contributed by atoms with Gasteiger partial charge >= 0.3 is 0 Å². The molecule has 0 radical (unpaired) electrons. The Hall–Kier alpha value is -4.22. The average molecular weight is 531 g/mol. The SMILES string of the molecule is COc1nc(C)c(-c2ccn3nc(N)nc3c2)cc1C(=O)NCc1ccccc1OCC1CC2(C1)OCCO2. The number of nitrogens with two attached hydrogens (primary N) is 1. The van der Waals surface area contributed by atoms with Crippen LogP contribution in [0.3, 0.4) is 0 Å². The number of hydrogen-bond donors (Lipinski definition) is 2. The van der Waals surface area contributed by atoms with Crippen LogP contribution in [0.2, 0.25) is 0 Å². The number of nitrogens with one attached hydrogen (secondary N) is 1. The van der Waals surface area contributed by atoms with Crippen molar-refractivity contribution in [1.29, 1.82) is 0 Å². The second-order valence-electron chi connectivity index (χ2n) is 9.85. The summed E-state index contributed by atoms with van der Waals surface area (Å²) in [5, 5.41) is 7.11. The fourth-order valence-electron chi connectivity index (χ4n) is 5.20. The number of pyridine rings is 2. The molecule has 1 aromatic carbocycles. The van der Waals surface area contributed by atoms with Crippen LogP contribution in [0.5, 0.6) is 11.6 Å². The van der Waals surface area contributed by atoms with Crippen LogP contribution in [-0.4, -0.2) is 58.2 Å². The smallest absolute Gasteiger partial charge is 0.257 e. The number of aromatic nitrogens is 4. The molecule has 2 fully saturated rings. The van der Waals surface area contributed by atoms with E-state index in [0.29, 0.717) is 42.6 Å². The summed E-state index contributed by atoms with van der Waals surface area (Å²) in [7, 11) is 1.50. The zero-order valence-electron chi connectivity index (χ0n) is 21.8.